The molecule has 0 aromatic carbocycles. The Morgan fingerprint density at radius 2 is 1.96 bits per heavy atom. The molecule has 9 heteroatoms. The summed E-state index contributed by atoms with van der Waals surface area (Å²) < 4.78 is 39.1. The molecule has 28 heavy (non-hydrogen) atoms. The average molecular weight is 391 g/mol. The van der Waals surface area contributed by atoms with Gasteiger partial charge in [0.05, 0.1) is 11.9 Å². The molecule has 0 spiro atoms. The minimum Gasteiger partial charge on any atom is -0.367 e. The van der Waals surface area contributed by atoms with E-state index in [-0.39, 0.29) is 13.1 Å². The maximum atomic E-state index is 12.5. The zero-order chi connectivity index (χ0) is 19.9. The van der Waals surface area contributed by atoms with Gasteiger partial charge in [-0.1, -0.05) is 0 Å². The Morgan fingerprint density at radius 3 is 2.61 bits per heavy atom. The van der Waals surface area contributed by atoms with Gasteiger partial charge in [-0.05, 0) is 17.7 Å². The van der Waals surface area contributed by atoms with Crippen LogP contribution in [0.4, 0.5) is 18.9 Å². The number of hydrogen-bond acceptors (Lipinski definition) is 4. The Hall–Kier alpha value is -2.84. The highest BCUT2D eigenvalue weighted by Gasteiger charge is 2.34. The van der Waals surface area contributed by atoms with Crippen LogP contribution in [0.3, 0.4) is 0 Å². The summed E-state index contributed by atoms with van der Waals surface area (Å²) >= 11 is 0. The first-order valence-corrected chi connectivity index (χ1v) is 9.07. The summed E-state index contributed by atoms with van der Waals surface area (Å²) in [5.41, 5.74) is 5.21. The summed E-state index contributed by atoms with van der Waals surface area (Å²) in [4.78, 5) is 19.7. The monoisotopic (exact) mass is 391 g/mol. The highest BCUT2D eigenvalue weighted by Crippen LogP contribution is 2.36. The molecule has 6 nitrogen and oxygen atoms in total. The van der Waals surface area contributed by atoms with Crippen LogP contribution in [0.15, 0.2) is 24.7 Å². The van der Waals surface area contributed by atoms with E-state index in [9.17, 15) is 18.0 Å². The van der Waals surface area contributed by atoms with Crippen molar-refractivity contribution >= 4 is 23.2 Å². The molecule has 0 radical (unpaired) electrons. The van der Waals surface area contributed by atoms with Gasteiger partial charge in [-0.25, -0.2) is 0 Å². The molecule has 4 rings (SSSR count). The predicted molar refractivity (Wildman–Crippen MR) is 98.5 cm³/mol. The standard InChI is InChI=1S/C19H20F3N5O/c1-25-12-14(11-24-25)13-8-15-16(9-13)23-3-2-17(15)26-4-6-27(7-5-26)18(28)10-19(20,21)22/h2-3,8,11-12H,4-7,9-10H2,1H3. The van der Waals surface area contributed by atoms with Gasteiger partial charge in [-0.2, -0.15) is 18.3 Å². The molecule has 1 amide bonds. The van der Waals surface area contributed by atoms with Gasteiger partial charge in [-0.15, -0.1) is 0 Å². The maximum absolute atomic E-state index is 12.5. The van der Waals surface area contributed by atoms with E-state index >= 15 is 0 Å². The molecule has 0 saturated carbocycles. The molecular formula is C19H20F3N5O. The Balaban J connectivity index is 1.48. The van der Waals surface area contributed by atoms with E-state index in [0.29, 0.717) is 13.1 Å². The highest BCUT2D eigenvalue weighted by molar-refractivity contribution is 5.91. The number of rotatable bonds is 3. The number of nitrogens with zero attached hydrogens (tertiary/aromatic N) is 5. The third-order valence-corrected chi connectivity index (χ3v) is 5.13. The van der Waals surface area contributed by atoms with Crippen molar-refractivity contribution in [3.63, 3.8) is 0 Å². The van der Waals surface area contributed by atoms with E-state index in [1.54, 1.807) is 10.9 Å². The summed E-state index contributed by atoms with van der Waals surface area (Å²) in [6, 6.07) is 1.93. The van der Waals surface area contributed by atoms with E-state index in [1.165, 1.54) is 4.90 Å². The third-order valence-electron chi connectivity index (χ3n) is 5.13. The molecule has 0 bridgehead atoms. The lowest BCUT2D eigenvalue weighted by Gasteiger charge is -2.37. The lowest BCUT2D eigenvalue weighted by molar-refractivity contribution is -0.161. The highest BCUT2D eigenvalue weighted by atomic mass is 19.4. The Kier molecular flexibility index (Phi) is 4.60. The van der Waals surface area contributed by atoms with Crippen molar-refractivity contribution in [2.24, 2.45) is 7.05 Å². The van der Waals surface area contributed by atoms with Gasteiger partial charge >= 0.3 is 6.18 Å². The number of carbonyl (C=O) groups excluding carboxylic acids is 1. The normalized spacial score (nSPS) is 16.9. The minimum absolute atomic E-state index is 0.283. The van der Waals surface area contributed by atoms with E-state index in [4.69, 9.17) is 0 Å². The van der Waals surface area contributed by atoms with Crippen molar-refractivity contribution in [3.05, 3.63) is 41.5 Å². The number of piperazine rings is 1. The number of aryl methyl sites for hydroxylation is 1. The van der Waals surface area contributed by atoms with Crippen molar-refractivity contribution in [3.8, 4) is 0 Å². The van der Waals surface area contributed by atoms with Crippen molar-refractivity contribution in [2.75, 3.05) is 31.1 Å². The first-order valence-electron chi connectivity index (χ1n) is 9.07. The van der Waals surface area contributed by atoms with Crippen molar-refractivity contribution in [1.82, 2.24) is 19.7 Å². The fraction of sp³-hybridized carbons (Fsp3) is 0.421. The van der Waals surface area contributed by atoms with Crippen LogP contribution in [0.5, 0.6) is 0 Å². The van der Waals surface area contributed by atoms with Crippen LogP contribution >= 0.6 is 0 Å². The fourth-order valence-electron chi connectivity index (χ4n) is 3.74. The molecule has 1 aliphatic heterocycles. The summed E-state index contributed by atoms with van der Waals surface area (Å²) in [5, 5.41) is 4.21. The molecule has 3 heterocycles. The Morgan fingerprint density at radius 1 is 1.21 bits per heavy atom. The van der Waals surface area contributed by atoms with E-state index in [1.807, 2.05) is 25.5 Å². The van der Waals surface area contributed by atoms with Crippen molar-refractivity contribution < 1.29 is 18.0 Å². The molecule has 0 unspecified atom stereocenters. The van der Waals surface area contributed by atoms with E-state index in [0.717, 1.165) is 34.5 Å². The van der Waals surface area contributed by atoms with E-state index < -0.39 is 18.5 Å². The zero-order valence-electron chi connectivity index (χ0n) is 15.4. The first kappa shape index (κ1) is 18.5. The lowest BCUT2D eigenvalue weighted by atomic mass is 10.1. The molecule has 0 N–H and O–H groups in total. The quantitative estimate of drug-likeness (QED) is 0.807. The maximum Gasteiger partial charge on any atom is 0.397 e. The molecule has 1 fully saturated rings. The molecule has 2 aromatic heterocycles. The van der Waals surface area contributed by atoms with Crippen LogP contribution in [0.25, 0.3) is 11.6 Å². The molecule has 148 valence electrons. The number of allylic oxidation sites excluding steroid dienone is 1. The van der Waals surface area contributed by atoms with Gasteiger partial charge < -0.3 is 9.80 Å². The number of aromatic nitrogens is 3. The predicted octanol–water partition coefficient (Wildman–Crippen LogP) is 2.51. The number of amides is 1. The fourth-order valence-corrected chi connectivity index (χ4v) is 3.74. The molecule has 2 aromatic rings. The number of fused-ring (bicyclic) bond motifs is 1. The first-order chi connectivity index (χ1) is 13.3. The zero-order valence-corrected chi connectivity index (χ0v) is 15.4. The summed E-state index contributed by atoms with van der Waals surface area (Å²) in [5.74, 6) is -0.856. The molecule has 1 aliphatic carbocycles. The van der Waals surface area contributed by atoms with Crippen LogP contribution in [0.2, 0.25) is 0 Å². The second kappa shape index (κ2) is 6.96. The second-order valence-corrected chi connectivity index (χ2v) is 7.10. The largest absolute Gasteiger partial charge is 0.397 e. The number of anilines is 1. The third kappa shape index (κ3) is 3.74. The van der Waals surface area contributed by atoms with Crippen LogP contribution in [-0.4, -0.2) is 57.9 Å². The number of alkyl halides is 3. The van der Waals surface area contributed by atoms with Gasteiger partial charge in [0, 0.05) is 68.9 Å². The Labute approximate surface area is 160 Å². The van der Waals surface area contributed by atoms with Crippen molar-refractivity contribution in [1.29, 1.82) is 0 Å². The SMILES string of the molecule is Cn1cc(C2=Cc3c(N4CCN(C(=O)CC(F)(F)F)CC4)ccnc3C2)cn1. The van der Waals surface area contributed by atoms with Gasteiger partial charge in [0.1, 0.15) is 6.42 Å². The lowest BCUT2D eigenvalue weighted by Crippen LogP contribution is -2.49. The smallest absolute Gasteiger partial charge is 0.367 e. The van der Waals surface area contributed by atoms with Gasteiger partial charge in [0.15, 0.2) is 0 Å². The minimum atomic E-state index is -4.46. The van der Waals surface area contributed by atoms with Crippen molar-refractivity contribution in [2.45, 2.75) is 19.0 Å². The molecule has 2 aliphatic rings. The number of pyridine rings is 1. The molecular weight excluding hydrogens is 371 g/mol. The van der Waals surface area contributed by atoms with Gasteiger partial charge in [0.25, 0.3) is 0 Å². The summed E-state index contributed by atoms with van der Waals surface area (Å²) in [7, 11) is 1.87. The molecule has 1 saturated heterocycles. The van der Waals surface area contributed by atoms with Gasteiger partial charge in [-0.3, -0.25) is 14.5 Å². The van der Waals surface area contributed by atoms with Crippen LogP contribution in [0, 0.1) is 0 Å². The molecule has 0 atom stereocenters. The second-order valence-electron chi connectivity index (χ2n) is 7.10. The van der Waals surface area contributed by atoms with Crippen LogP contribution in [-0.2, 0) is 18.3 Å². The average Bonchev–Trinajstić information content (AvgIpc) is 3.26. The summed E-state index contributed by atoms with van der Waals surface area (Å²) in [6.07, 6.45) is 2.51. The summed E-state index contributed by atoms with van der Waals surface area (Å²) in [6.45, 7) is 1.56. The van der Waals surface area contributed by atoms with E-state index in [2.05, 4.69) is 21.1 Å². The number of halogens is 3. The van der Waals surface area contributed by atoms with Gasteiger partial charge in [0.2, 0.25) is 5.91 Å². The van der Waals surface area contributed by atoms with Crippen LogP contribution < -0.4 is 4.90 Å². The number of hydrogen-bond donors (Lipinski definition) is 0. The van der Waals surface area contributed by atoms with Crippen LogP contribution in [0.1, 0.15) is 23.2 Å². The Bertz CT molecular complexity index is 926. The number of carbonyl (C=O) groups is 1. The topological polar surface area (TPSA) is 54.3 Å².